The van der Waals surface area contributed by atoms with Crippen LogP contribution >= 0.6 is 0 Å². The Morgan fingerprint density at radius 2 is 2.32 bits per heavy atom. The molecule has 1 aromatic rings. The van der Waals surface area contributed by atoms with Gasteiger partial charge in [0.25, 0.3) is 0 Å². The fourth-order valence-electron chi connectivity index (χ4n) is 2.62. The monoisotopic (exact) mass is 263 g/mol. The van der Waals surface area contributed by atoms with Crippen LogP contribution in [0.15, 0.2) is 18.3 Å². The Labute approximate surface area is 116 Å². The van der Waals surface area contributed by atoms with Gasteiger partial charge in [-0.1, -0.05) is 6.42 Å². The number of piperidine rings is 1. The lowest BCUT2D eigenvalue weighted by Crippen LogP contribution is -2.46. The molecule has 0 spiro atoms. The highest BCUT2D eigenvalue weighted by atomic mass is 16.5. The van der Waals surface area contributed by atoms with E-state index in [1.165, 1.54) is 19.3 Å². The molecule has 1 aliphatic rings. The predicted octanol–water partition coefficient (Wildman–Crippen LogP) is 2.45. The molecule has 1 atom stereocenters. The first kappa shape index (κ1) is 14.1. The van der Waals surface area contributed by atoms with Gasteiger partial charge in [0.15, 0.2) is 11.6 Å². The summed E-state index contributed by atoms with van der Waals surface area (Å²) in [5.41, 5.74) is 0. The number of rotatable bonds is 5. The number of pyridine rings is 1. The highest BCUT2D eigenvalue weighted by Crippen LogP contribution is 2.27. The van der Waals surface area contributed by atoms with Crippen LogP contribution in [0.5, 0.6) is 5.75 Å². The Hall–Kier alpha value is -1.29. The van der Waals surface area contributed by atoms with Gasteiger partial charge in [-0.25, -0.2) is 4.98 Å². The molecule has 4 nitrogen and oxygen atoms in total. The number of anilines is 1. The fourth-order valence-corrected chi connectivity index (χ4v) is 2.62. The number of hydrogen-bond donors (Lipinski definition) is 1. The third-order valence-electron chi connectivity index (χ3n) is 3.70. The Bertz CT molecular complexity index is 389. The summed E-state index contributed by atoms with van der Waals surface area (Å²) in [4.78, 5) is 6.84. The minimum absolute atomic E-state index is 0.410. The van der Waals surface area contributed by atoms with Gasteiger partial charge in [-0.15, -0.1) is 0 Å². The highest BCUT2D eigenvalue weighted by Gasteiger charge is 2.21. The van der Waals surface area contributed by atoms with E-state index in [1.54, 1.807) is 7.11 Å². The van der Waals surface area contributed by atoms with Crippen molar-refractivity contribution in [3.05, 3.63) is 18.3 Å². The molecule has 4 heteroatoms. The van der Waals surface area contributed by atoms with Gasteiger partial charge >= 0.3 is 0 Å². The van der Waals surface area contributed by atoms with Crippen LogP contribution in [0.3, 0.4) is 0 Å². The third kappa shape index (κ3) is 3.60. The fraction of sp³-hybridized carbons (Fsp3) is 0.667. The van der Waals surface area contributed by atoms with E-state index in [0.29, 0.717) is 12.1 Å². The molecular weight excluding hydrogens is 238 g/mol. The first-order valence-electron chi connectivity index (χ1n) is 7.21. The number of nitrogens with one attached hydrogen (secondary N) is 1. The molecule has 0 aliphatic carbocycles. The van der Waals surface area contributed by atoms with Crippen LogP contribution in [0.1, 0.15) is 33.1 Å². The van der Waals surface area contributed by atoms with E-state index in [4.69, 9.17) is 4.74 Å². The van der Waals surface area contributed by atoms with Gasteiger partial charge in [0.05, 0.1) is 7.11 Å². The lowest BCUT2D eigenvalue weighted by Gasteiger charge is -2.34. The van der Waals surface area contributed by atoms with E-state index in [1.807, 2.05) is 18.3 Å². The van der Waals surface area contributed by atoms with Gasteiger partial charge < -0.3 is 15.0 Å². The zero-order chi connectivity index (χ0) is 13.7. The summed E-state index contributed by atoms with van der Waals surface area (Å²) in [6, 6.07) is 4.86. The molecule has 1 aliphatic heterocycles. The third-order valence-corrected chi connectivity index (χ3v) is 3.70. The minimum atomic E-state index is 0.410. The van der Waals surface area contributed by atoms with Crippen LogP contribution < -0.4 is 15.0 Å². The van der Waals surface area contributed by atoms with Gasteiger partial charge in [-0.3, -0.25) is 0 Å². The first-order valence-corrected chi connectivity index (χ1v) is 7.21. The summed E-state index contributed by atoms with van der Waals surface area (Å²) in [7, 11) is 1.71. The molecule has 0 amide bonds. The number of ether oxygens (including phenoxy) is 1. The first-order chi connectivity index (χ1) is 9.22. The molecule has 2 rings (SSSR count). The Morgan fingerprint density at radius 3 is 2.95 bits per heavy atom. The lowest BCUT2D eigenvalue weighted by molar-refractivity contribution is 0.385. The highest BCUT2D eigenvalue weighted by molar-refractivity contribution is 5.52. The van der Waals surface area contributed by atoms with Crippen molar-refractivity contribution >= 4 is 5.82 Å². The average molecular weight is 263 g/mol. The van der Waals surface area contributed by atoms with Gasteiger partial charge in [-0.05, 0) is 45.4 Å². The summed E-state index contributed by atoms with van der Waals surface area (Å²) in [5.74, 6) is 1.80. The van der Waals surface area contributed by atoms with Crippen molar-refractivity contribution in [2.45, 2.75) is 45.2 Å². The molecule has 19 heavy (non-hydrogen) atoms. The predicted molar refractivity (Wildman–Crippen MR) is 78.9 cm³/mol. The lowest BCUT2D eigenvalue weighted by atomic mass is 10.0. The van der Waals surface area contributed by atoms with Crippen molar-refractivity contribution in [1.82, 2.24) is 10.3 Å². The summed E-state index contributed by atoms with van der Waals surface area (Å²) in [5, 5.41) is 3.60. The minimum Gasteiger partial charge on any atom is -0.493 e. The molecule has 1 unspecified atom stereocenters. The van der Waals surface area contributed by atoms with E-state index in [2.05, 4.69) is 29.0 Å². The Balaban J connectivity index is 2.14. The molecule has 0 bridgehead atoms. The smallest absolute Gasteiger partial charge is 0.171 e. The van der Waals surface area contributed by atoms with Crippen molar-refractivity contribution in [2.75, 3.05) is 25.1 Å². The van der Waals surface area contributed by atoms with Crippen molar-refractivity contribution in [2.24, 2.45) is 0 Å². The Kier molecular flexibility index (Phi) is 5.02. The van der Waals surface area contributed by atoms with Crippen LogP contribution in [-0.4, -0.2) is 37.3 Å². The standard InChI is InChI=1S/C15H25N3O/c1-12(2)18(11-13-7-4-5-9-16-13)15-14(19-3)8-6-10-17-15/h6,8,10,12-13,16H,4-5,7,9,11H2,1-3H3. The summed E-state index contributed by atoms with van der Waals surface area (Å²) < 4.78 is 5.44. The van der Waals surface area contributed by atoms with Crippen LogP contribution in [-0.2, 0) is 0 Å². The van der Waals surface area contributed by atoms with Gasteiger partial charge in [0, 0.05) is 24.8 Å². The largest absolute Gasteiger partial charge is 0.493 e. The summed E-state index contributed by atoms with van der Waals surface area (Å²) in [6.07, 6.45) is 5.70. The van der Waals surface area contributed by atoms with Crippen LogP contribution in [0.2, 0.25) is 0 Å². The van der Waals surface area contributed by atoms with Crippen LogP contribution in [0.4, 0.5) is 5.82 Å². The zero-order valence-corrected chi connectivity index (χ0v) is 12.2. The van der Waals surface area contributed by atoms with Gasteiger partial charge in [0.2, 0.25) is 0 Å². The quantitative estimate of drug-likeness (QED) is 0.885. The molecule has 2 heterocycles. The second kappa shape index (κ2) is 6.75. The van der Waals surface area contributed by atoms with Crippen LogP contribution in [0.25, 0.3) is 0 Å². The van der Waals surface area contributed by atoms with Gasteiger partial charge in [-0.2, -0.15) is 0 Å². The summed E-state index contributed by atoms with van der Waals surface area (Å²) >= 11 is 0. The van der Waals surface area contributed by atoms with Crippen molar-refractivity contribution in [3.8, 4) is 5.75 Å². The van der Waals surface area contributed by atoms with E-state index >= 15 is 0 Å². The maximum absolute atomic E-state index is 5.44. The molecule has 1 aromatic heterocycles. The number of aromatic nitrogens is 1. The second-order valence-electron chi connectivity index (χ2n) is 5.42. The molecular formula is C15H25N3O. The second-order valence-corrected chi connectivity index (χ2v) is 5.42. The van der Waals surface area contributed by atoms with Crippen molar-refractivity contribution in [3.63, 3.8) is 0 Å². The molecule has 0 saturated carbocycles. The SMILES string of the molecule is COc1cccnc1N(CC1CCCCN1)C(C)C. The van der Waals surface area contributed by atoms with E-state index < -0.39 is 0 Å². The molecule has 1 fully saturated rings. The number of hydrogen-bond acceptors (Lipinski definition) is 4. The maximum Gasteiger partial charge on any atom is 0.171 e. The number of methoxy groups -OCH3 is 1. The molecule has 106 valence electrons. The topological polar surface area (TPSA) is 37.4 Å². The molecule has 1 saturated heterocycles. The zero-order valence-electron chi connectivity index (χ0n) is 12.2. The summed E-state index contributed by atoms with van der Waals surface area (Å²) in [6.45, 7) is 6.54. The van der Waals surface area contributed by atoms with Crippen molar-refractivity contribution in [1.29, 1.82) is 0 Å². The average Bonchev–Trinajstić information content (AvgIpc) is 2.45. The van der Waals surface area contributed by atoms with E-state index in [0.717, 1.165) is 24.7 Å². The van der Waals surface area contributed by atoms with Crippen LogP contribution in [0, 0.1) is 0 Å². The molecule has 0 aromatic carbocycles. The molecule has 0 radical (unpaired) electrons. The Morgan fingerprint density at radius 1 is 1.47 bits per heavy atom. The molecule has 1 N–H and O–H groups in total. The van der Waals surface area contributed by atoms with E-state index in [9.17, 15) is 0 Å². The number of nitrogens with zero attached hydrogens (tertiary/aromatic N) is 2. The van der Waals surface area contributed by atoms with Crippen molar-refractivity contribution < 1.29 is 4.74 Å². The normalized spacial score (nSPS) is 19.5. The van der Waals surface area contributed by atoms with E-state index in [-0.39, 0.29) is 0 Å². The maximum atomic E-state index is 5.44. The van der Waals surface area contributed by atoms with Gasteiger partial charge in [0.1, 0.15) is 0 Å².